The Morgan fingerprint density at radius 1 is 1.30 bits per heavy atom. The van der Waals surface area contributed by atoms with Crippen molar-refractivity contribution in [3.05, 3.63) is 64.2 Å². The van der Waals surface area contributed by atoms with Crippen molar-refractivity contribution in [1.82, 2.24) is 0 Å². The van der Waals surface area contributed by atoms with E-state index in [9.17, 15) is 4.79 Å². The fourth-order valence-corrected chi connectivity index (χ4v) is 2.85. The van der Waals surface area contributed by atoms with Crippen LogP contribution in [0.25, 0.3) is 0 Å². The number of anilines is 1. The standard InChI is InChI=1S/C16H14ClNO2/c17-15-8-12(5-6-14(15)16(19)20)18-9-11-7-10-3-1-2-4-13(10)11/h1-6,8,11,18H,7,9H2,(H,19,20). The molecule has 4 heteroatoms. The van der Waals surface area contributed by atoms with E-state index in [1.54, 1.807) is 12.1 Å². The van der Waals surface area contributed by atoms with Gasteiger partial charge in [-0.2, -0.15) is 0 Å². The van der Waals surface area contributed by atoms with Gasteiger partial charge in [0.05, 0.1) is 10.6 Å². The number of aromatic carboxylic acids is 1. The lowest BCUT2D eigenvalue weighted by Crippen LogP contribution is -2.24. The Morgan fingerprint density at radius 2 is 2.10 bits per heavy atom. The lowest BCUT2D eigenvalue weighted by atomic mass is 9.77. The van der Waals surface area contributed by atoms with Crippen LogP contribution in [0.5, 0.6) is 0 Å². The maximum Gasteiger partial charge on any atom is 0.337 e. The number of nitrogens with one attached hydrogen (secondary N) is 1. The van der Waals surface area contributed by atoms with Gasteiger partial charge in [0.1, 0.15) is 0 Å². The maximum atomic E-state index is 10.9. The molecule has 3 nitrogen and oxygen atoms in total. The highest BCUT2D eigenvalue weighted by molar-refractivity contribution is 6.33. The summed E-state index contributed by atoms with van der Waals surface area (Å²) in [6.45, 7) is 0.833. The SMILES string of the molecule is O=C(O)c1ccc(NCC2Cc3ccccc32)cc1Cl. The van der Waals surface area contributed by atoms with E-state index < -0.39 is 5.97 Å². The van der Waals surface area contributed by atoms with E-state index in [0.29, 0.717) is 5.92 Å². The summed E-state index contributed by atoms with van der Waals surface area (Å²) in [7, 11) is 0. The van der Waals surface area contributed by atoms with E-state index in [2.05, 4.69) is 29.6 Å². The summed E-state index contributed by atoms with van der Waals surface area (Å²) in [5.41, 5.74) is 3.79. The number of hydrogen-bond acceptors (Lipinski definition) is 2. The molecule has 1 atom stereocenters. The molecule has 0 amide bonds. The van der Waals surface area contributed by atoms with Crippen LogP contribution in [0.1, 0.15) is 27.4 Å². The molecular formula is C16H14ClNO2. The fraction of sp³-hybridized carbons (Fsp3) is 0.188. The predicted molar refractivity (Wildman–Crippen MR) is 79.8 cm³/mol. The van der Waals surface area contributed by atoms with Gasteiger partial charge in [0.2, 0.25) is 0 Å². The van der Waals surface area contributed by atoms with Crippen LogP contribution in [0.3, 0.4) is 0 Å². The topological polar surface area (TPSA) is 49.3 Å². The number of carboxylic acids is 1. The van der Waals surface area contributed by atoms with Crippen molar-refractivity contribution in [3.63, 3.8) is 0 Å². The van der Waals surface area contributed by atoms with E-state index in [-0.39, 0.29) is 10.6 Å². The monoisotopic (exact) mass is 287 g/mol. The van der Waals surface area contributed by atoms with Crippen LogP contribution < -0.4 is 5.32 Å². The van der Waals surface area contributed by atoms with Gasteiger partial charge >= 0.3 is 5.97 Å². The summed E-state index contributed by atoms with van der Waals surface area (Å²) < 4.78 is 0. The molecule has 1 aliphatic rings. The highest BCUT2D eigenvalue weighted by Gasteiger charge is 2.24. The summed E-state index contributed by atoms with van der Waals surface area (Å²) in [6, 6.07) is 13.4. The van der Waals surface area contributed by atoms with Crippen molar-refractivity contribution >= 4 is 23.3 Å². The second-order valence-corrected chi connectivity index (χ2v) is 5.39. The third-order valence-electron chi connectivity index (χ3n) is 3.71. The molecule has 2 N–H and O–H groups in total. The zero-order valence-electron chi connectivity index (χ0n) is 10.8. The van der Waals surface area contributed by atoms with Gasteiger partial charge in [-0.15, -0.1) is 0 Å². The molecule has 0 bridgehead atoms. The number of hydrogen-bond donors (Lipinski definition) is 2. The summed E-state index contributed by atoms with van der Waals surface area (Å²) >= 11 is 5.95. The second-order valence-electron chi connectivity index (χ2n) is 4.98. The number of halogens is 1. The van der Waals surface area contributed by atoms with Crippen LogP contribution in [0, 0.1) is 0 Å². The normalized spacial score (nSPS) is 16.1. The lowest BCUT2D eigenvalue weighted by Gasteiger charge is -2.30. The summed E-state index contributed by atoms with van der Waals surface area (Å²) in [5, 5.41) is 12.5. The molecule has 1 unspecified atom stereocenters. The largest absolute Gasteiger partial charge is 0.478 e. The van der Waals surface area contributed by atoms with E-state index in [1.165, 1.54) is 17.2 Å². The minimum atomic E-state index is -1.01. The smallest absolute Gasteiger partial charge is 0.337 e. The number of fused-ring (bicyclic) bond motifs is 1. The average molecular weight is 288 g/mol. The molecule has 102 valence electrons. The molecule has 20 heavy (non-hydrogen) atoms. The highest BCUT2D eigenvalue weighted by atomic mass is 35.5. The van der Waals surface area contributed by atoms with Crippen LogP contribution in [-0.2, 0) is 6.42 Å². The second kappa shape index (κ2) is 5.17. The first-order chi connectivity index (χ1) is 9.65. The van der Waals surface area contributed by atoms with Crippen LogP contribution >= 0.6 is 11.6 Å². The molecule has 2 aromatic rings. The van der Waals surface area contributed by atoms with Crippen LogP contribution in [0.15, 0.2) is 42.5 Å². The first-order valence-electron chi connectivity index (χ1n) is 6.49. The minimum absolute atomic E-state index is 0.131. The van der Waals surface area contributed by atoms with E-state index >= 15 is 0 Å². The maximum absolute atomic E-state index is 10.9. The molecule has 3 rings (SSSR count). The molecule has 0 saturated carbocycles. The van der Waals surface area contributed by atoms with Gasteiger partial charge in [-0.25, -0.2) is 4.79 Å². The number of rotatable bonds is 4. The molecule has 0 saturated heterocycles. The first kappa shape index (κ1) is 13.0. The number of benzene rings is 2. The predicted octanol–water partition coefficient (Wildman–Crippen LogP) is 3.79. The zero-order valence-corrected chi connectivity index (χ0v) is 11.5. The Kier molecular flexibility index (Phi) is 3.36. The number of carboxylic acid groups (broad SMARTS) is 1. The molecule has 0 aromatic heterocycles. The molecule has 0 heterocycles. The minimum Gasteiger partial charge on any atom is -0.478 e. The van der Waals surface area contributed by atoms with Crippen LogP contribution in [0.2, 0.25) is 5.02 Å². The van der Waals surface area contributed by atoms with Crippen LogP contribution in [-0.4, -0.2) is 17.6 Å². The van der Waals surface area contributed by atoms with Crippen molar-refractivity contribution in [1.29, 1.82) is 0 Å². The van der Waals surface area contributed by atoms with Crippen molar-refractivity contribution in [2.45, 2.75) is 12.3 Å². The molecule has 2 aromatic carbocycles. The first-order valence-corrected chi connectivity index (χ1v) is 6.87. The van der Waals surface area contributed by atoms with Crippen molar-refractivity contribution < 1.29 is 9.90 Å². The fourth-order valence-electron chi connectivity index (χ4n) is 2.58. The lowest BCUT2D eigenvalue weighted by molar-refractivity contribution is 0.0697. The Morgan fingerprint density at radius 3 is 2.80 bits per heavy atom. The molecular weight excluding hydrogens is 274 g/mol. The Balaban J connectivity index is 1.66. The van der Waals surface area contributed by atoms with E-state index in [4.69, 9.17) is 16.7 Å². The molecule has 0 aliphatic heterocycles. The van der Waals surface area contributed by atoms with Gasteiger partial charge in [-0.1, -0.05) is 35.9 Å². The third-order valence-corrected chi connectivity index (χ3v) is 4.03. The molecule has 1 aliphatic carbocycles. The van der Waals surface area contributed by atoms with Gasteiger partial charge in [0, 0.05) is 18.2 Å². The summed E-state index contributed by atoms with van der Waals surface area (Å²) in [5.74, 6) is -0.487. The van der Waals surface area contributed by atoms with Crippen molar-refractivity contribution in [3.8, 4) is 0 Å². The van der Waals surface area contributed by atoms with Gasteiger partial charge in [-0.3, -0.25) is 0 Å². The van der Waals surface area contributed by atoms with E-state index in [0.717, 1.165) is 18.7 Å². The van der Waals surface area contributed by atoms with Crippen molar-refractivity contribution in [2.24, 2.45) is 0 Å². The quantitative estimate of drug-likeness (QED) is 0.899. The van der Waals surface area contributed by atoms with Gasteiger partial charge < -0.3 is 10.4 Å². The van der Waals surface area contributed by atoms with Gasteiger partial charge in [0.25, 0.3) is 0 Å². The Labute approximate surface area is 122 Å². The highest BCUT2D eigenvalue weighted by Crippen LogP contribution is 2.35. The Hall–Kier alpha value is -2.00. The van der Waals surface area contributed by atoms with E-state index in [1.807, 2.05) is 0 Å². The zero-order chi connectivity index (χ0) is 14.1. The van der Waals surface area contributed by atoms with Crippen molar-refractivity contribution in [2.75, 3.05) is 11.9 Å². The molecule has 0 fully saturated rings. The van der Waals surface area contributed by atoms with Gasteiger partial charge in [-0.05, 0) is 35.7 Å². The van der Waals surface area contributed by atoms with Gasteiger partial charge in [0.15, 0.2) is 0 Å². The summed E-state index contributed by atoms with van der Waals surface area (Å²) in [6.07, 6.45) is 1.09. The number of carbonyl (C=O) groups is 1. The molecule has 0 spiro atoms. The Bertz CT molecular complexity index is 669. The molecule has 0 radical (unpaired) electrons. The average Bonchev–Trinajstić information content (AvgIpc) is 2.39. The third kappa shape index (κ3) is 2.37. The van der Waals surface area contributed by atoms with Crippen LogP contribution in [0.4, 0.5) is 5.69 Å². The summed E-state index contributed by atoms with van der Waals surface area (Å²) in [4.78, 5) is 10.9.